The highest BCUT2D eigenvalue weighted by molar-refractivity contribution is 8.93. The van der Waals surface area contributed by atoms with Crippen LogP contribution in [0, 0.1) is 0 Å². The van der Waals surface area contributed by atoms with E-state index in [-0.39, 0.29) is 17.0 Å². The monoisotopic (exact) mass is 364 g/mol. The summed E-state index contributed by atoms with van der Waals surface area (Å²) in [5, 5.41) is 0.746. The zero-order chi connectivity index (χ0) is 12.8. The first-order valence-electron chi connectivity index (χ1n) is 5.94. The first kappa shape index (κ1) is 13.6. The van der Waals surface area contributed by atoms with Gasteiger partial charge in [-0.25, -0.2) is 4.98 Å². The molecule has 0 aliphatic heterocycles. The van der Waals surface area contributed by atoms with Crippen molar-refractivity contribution in [3.63, 3.8) is 0 Å². The molecule has 100 valence electrons. The van der Waals surface area contributed by atoms with Crippen LogP contribution in [-0.2, 0) is 0 Å². The van der Waals surface area contributed by atoms with Crippen molar-refractivity contribution in [2.45, 2.75) is 0 Å². The molecule has 2 aromatic carbocycles. The molecule has 0 radical (unpaired) electrons. The molecule has 0 atom stereocenters. The first-order valence-corrected chi connectivity index (χ1v) is 7.13. The van der Waals surface area contributed by atoms with Gasteiger partial charge in [-0.2, -0.15) is 0 Å². The second kappa shape index (κ2) is 5.20. The van der Waals surface area contributed by atoms with Gasteiger partial charge in [0.15, 0.2) is 4.96 Å². The fourth-order valence-corrected chi connectivity index (χ4v) is 3.34. The maximum atomic E-state index is 5.91. The summed E-state index contributed by atoms with van der Waals surface area (Å²) in [6, 6.07) is 16.1. The first-order chi connectivity index (χ1) is 9.31. The van der Waals surface area contributed by atoms with Crippen LogP contribution in [0.4, 0.5) is 0 Å². The second-order valence-corrected chi connectivity index (χ2v) is 5.80. The van der Waals surface area contributed by atoms with E-state index < -0.39 is 0 Å². The summed E-state index contributed by atoms with van der Waals surface area (Å²) in [5.74, 6) is 0. The molecule has 0 aliphatic carbocycles. The predicted molar refractivity (Wildman–Crippen MR) is 91.3 cm³/mol. The molecule has 0 aliphatic rings. The smallest absolute Gasteiger partial charge is 0.195 e. The normalized spacial score (nSPS) is 10.8. The number of imidazole rings is 1. The minimum Gasteiger partial charge on any atom is -0.290 e. The largest absolute Gasteiger partial charge is 0.290 e. The quantitative estimate of drug-likeness (QED) is 0.438. The third-order valence-corrected chi connectivity index (χ3v) is 4.43. The summed E-state index contributed by atoms with van der Waals surface area (Å²) in [6.07, 6.45) is 2.08. The van der Waals surface area contributed by atoms with Crippen molar-refractivity contribution < 1.29 is 0 Å². The molecule has 0 unspecified atom stereocenters. The summed E-state index contributed by atoms with van der Waals surface area (Å²) < 4.78 is 3.40. The Hall–Kier alpha value is -1.36. The van der Waals surface area contributed by atoms with Crippen molar-refractivity contribution in [3.8, 4) is 11.3 Å². The summed E-state index contributed by atoms with van der Waals surface area (Å²) in [7, 11) is 0. The van der Waals surface area contributed by atoms with Gasteiger partial charge in [0.25, 0.3) is 0 Å². The van der Waals surface area contributed by atoms with Crippen LogP contribution in [0.25, 0.3) is 26.4 Å². The number of aromatic nitrogens is 2. The average molecular weight is 366 g/mol. The summed E-state index contributed by atoms with van der Waals surface area (Å²) in [6.45, 7) is 0. The molecule has 0 N–H and O–H groups in total. The Labute approximate surface area is 135 Å². The molecule has 4 rings (SSSR count). The van der Waals surface area contributed by atoms with E-state index in [4.69, 9.17) is 11.6 Å². The molecule has 4 aromatic rings. The topological polar surface area (TPSA) is 17.3 Å². The fourth-order valence-electron chi connectivity index (χ4n) is 2.21. The zero-order valence-electron chi connectivity index (χ0n) is 10.3. The van der Waals surface area contributed by atoms with Crippen molar-refractivity contribution >= 4 is 55.1 Å². The van der Waals surface area contributed by atoms with Crippen molar-refractivity contribution in [1.29, 1.82) is 0 Å². The van der Waals surface area contributed by atoms with Crippen molar-refractivity contribution in [2.24, 2.45) is 0 Å². The van der Waals surface area contributed by atoms with Gasteiger partial charge in [0.1, 0.15) is 0 Å². The molecule has 20 heavy (non-hydrogen) atoms. The highest BCUT2D eigenvalue weighted by Crippen LogP contribution is 2.29. The van der Waals surface area contributed by atoms with Crippen molar-refractivity contribution in [1.82, 2.24) is 9.38 Å². The highest BCUT2D eigenvalue weighted by Gasteiger charge is 2.09. The van der Waals surface area contributed by atoms with E-state index in [1.165, 1.54) is 10.2 Å². The molecule has 0 amide bonds. The number of benzene rings is 2. The lowest BCUT2D eigenvalue weighted by Gasteiger charge is -1.95. The molecule has 2 nitrogen and oxygen atoms in total. The maximum Gasteiger partial charge on any atom is 0.195 e. The van der Waals surface area contributed by atoms with E-state index >= 15 is 0 Å². The average Bonchev–Trinajstić information content (AvgIpc) is 2.97. The summed E-state index contributed by atoms with van der Waals surface area (Å²) >= 11 is 7.62. The Bertz CT molecular complexity index is 880. The molecule has 2 heterocycles. The minimum absolute atomic E-state index is 0. The molecule has 0 saturated carbocycles. The Kier molecular flexibility index (Phi) is 3.54. The van der Waals surface area contributed by atoms with Gasteiger partial charge in [-0.15, -0.1) is 17.0 Å². The van der Waals surface area contributed by atoms with Crippen LogP contribution in [0.5, 0.6) is 0 Å². The maximum absolute atomic E-state index is 5.91. The summed E-state index contributed by atoms with van der Waals surface area (Å²) in [4.78, 5) is 5.71. The standard InChI is InChI=1S/C15H9ClN2S.BrH/c16-11-7-5-10(6-8-11)12-9-18-13-3-1-2-4-14(13)19-15(18)17-12;/h1-9H;1H. The predicted octanol–water partition coefficient (Wildman–Crippen LogP) is 5.45. The minimum atomic E-state index is 0. The van der Waals surface area contributed by atoms with Gasteiger partial charge in [0, 0.05) is 16.8 Å². The lowest BCUT2D eigenvalue weighted by Crippen LogP contribution is -1.77. The lowest BCUT2D eigenvalue weighted by atomic mass is 10.2. The van der Waals surface area contributed by atoms with Crippen LogP contribution >= 0.6 is 39.9 Å². The van der Waals surface area contributed by atoms with Crippen LogP contribution in [0.2, 0.25) is 5.02 Å². The van der Waals surface area contributed by atoms with Gasteiger partial charge in [0.2, 0.25) is 0 Å². The van der Waals surface area contributed by atoms with E-state index in [2.05, 4.69) is 39.8 Å². The molecule has 5 heteroatoms. The Morgan fingerprint density at radius 3 is 2.55 bits per heavy atom. The Balaban J connectivity index is 0.00000121. The number of fused-ring (bicyclic) bond motifs is 3. The molecule has 0 saturated heterocycles. The molecule has 0 fully saturated rings. The molecular weight excluding hydrogens is 356 g/mol. The van der Waals surface area contributed by atoms with Gasteiger partial charge >= 0.3 is 0 Å². The second-order valence-electron chi connectivity index (χ2n) is 4.36. The Morgan fingerprint density at radius 2 is 1.75 bits per heavy atom. The van der Waals surface area contributed by atoms with E-state index in [9.17, 15) is 0 Å². The molecule has 0 spiro atoms. The number of thiazole rings is 1. The van der Waals surface area contributed by atoms with Crippen LogP contribution in [0.1, 0.15) is 0 Å². The van der Waals surface area contributed by atoms with Crippen LogP contribution in [-0.4, -0.2) is 9.38 Å². The van der Waals surface area contributed by atoms with Gasteiger partial charge in [-0.3, -0.25) is 4.40 Å². The van der Waals surface area contributed by atoms with Gasteiger partial charge in [0.05, 0.1) is 15.9 Å². The van der Waals surface area contributed by atoms with E-state index in [1.54, 1.807) is 11.3 Å². The van der Waals surface area contributed by atoms with Crippen LogP contribution in [0.15, 0.2) is 54.7 Å². The number of hydrogen-bond acceptors (Lipinski definition) is 2. The number of nitrogens with zero attached hydrogens (tertiary/aromatic N) is 2. The lowest BCUT2D eigenvalue weighted by molar-refractivity contribution is 1.30. The highest BCUT2D eigenvalue weighted by atomic mass is 79.9. The SMILES string of the molecule is Br.Clc1ccc(-c2cn3c(n2)sc2ccccc23)cc1. The molecular formula is C15H10BrClN2S. The molecule has 2 aromatic heterocycles. The third kappa shape index (κ3) is 2.14. The van der Waals surface area contributed by atoms with Gasteiger partial charge in [-0.05, 0) is 24.3 Å². The van der Waals surface area contributed by atoms with Crippen molar-refractivity contribution in [3.05, 3.63) is 59.8 Å². The van der Waals surface area contributed by atoms with E-state index in [1.807, 2.05) is 24.3 Å². The number of halogens is 2. The number of hydrogen-bond donors (Lipinski definition) is 0. The fraction of sp³-hybridized carbons (Fsp3) is 0. The van der Waals surface area contributed by atoms with Crippen LogP contribution in [0.3, 0.4) is 0 Å². The van der Waals surface area contributed by atoms with E-state index in [0.29, 0.717) is 0 Å². The Morgan fingerprint density at radius 1 is 1.00 bits per heavy atom. The third-order valence-electron chi connectivity index (χ3n) is 3.14. The van der Waals surface area contributed by atoms with Gasteiger partial charge < -0.3 is 0 Å². The van der Waals surface area contributed by atoms with Crippen molar-refractivity contribution in [2.75, 3.05) is 0 Å². The number of rotatable bonds is 1. The van der Waals surface area contributed by atoms with E-state index in [0.717, 1.165) is 21.2 Å². The van der Waals surface area contributed by atoms with Crippen LogP contribution < -0.4 is 0 Å². The molecule has 0 bridgehead atoms. The zero-order valence-corrected chi connectivity index (χ0v) is 13.6. The number of para-hydroxylation sites is 1. The summed E-state index contributed by atoms with van der Waals surface area (Å²) in [5.41, 5.74) is 3.27. The van der Waals surface area contributed by atoms with Gasteiger partial charge in [-0.1, -0.05) is 47.2 Å².